The summed E-state index contributed by atoms with van der Waals surface area (Å²) in [6, 6.07) is 0. The van der Waals surface area contributed by atoms with Crippen LogP contribution in [0.3, 0.4) is 0 Å². The summed E-state index contributed by atoms with van der Waals surface area (Å²) in [6.07, 6.45) is 47.1. The molecule has 0 radical (unpaired) electrons. The lowest BCUT2D eigenvalue weighted by atomic mass is 10.1. The second-order valence-electron chi connectivity index (χ2n) is 14.9. The lowest BCUT2D eigenvalue weighted by Crippen LogP contribution is -2.30. The van der Waals surface area contributed by atoms with Crippen LogP contribution in [0, 0.1) is 0 Å². The Morgan fingerprint density at radius 2 is 0.736 bits per heavy atom. The first kappa shape index (κ1) is 50.6. The molecule has 0 spiro atoms. The van der Waals surface area contributed by atoms with Gasteiger partial charge < -0.3 is 14.2 Å². The molecular formula is C47H84O6. The fraction of sp³-hybridized carbons (Fsp3) is 0.809. The number of allylic oxidation sites excluding steroid dienone is 6. The third kappa shape index (κ3) is 40.6. The number of unbranched alkanes of at least 4 members (excludes halogenated alkanes) is 23. The maximum atomic E-state index is 12.7. The third-order valence-corrected chi connectivity index (χ3v) is 9.66. The van der Waals surface area contributed by atoms with Gasteiger partial charge in [0, 0.05) is 19.3 Å². The van der Waals surface area contributed by atoms with Crippen molar-refractivity contribution in [3.05, 3.63) is 36.5 Å². The summed E-state index contributed by atoms with van der Waals surface area (Å²) in [5.41, 5.74) is 0. The lowest BCUT2D eigenvalue weighted by molar-refractivity contribution is -0.167. The van der Waals surface area contributed by atoms with Crippen molar-refractivity contribution in [3.8, 4) is 0 Å². The highest BCUT2D eigenvalue weighted by molar-refractivity contribution is 5.71. The van der Waals surface area contributed by atoms with Gasteiger partial charge in [-0.25, -0.2) is 0 Å². The summed E-state index contributed by atoms with van der Waals surface area (Å²) in [5, 5.41) is 0. The molecule has 0 aromatic carbocycles. The Labute approximate surface area is 327 Å². The SMILES string of the molecule is CC/C=C\C/C=C\C/C=C\CCCCCCCCCC(=O)OCC(COC(=O)CCCCCCCCC)OC(=O)CCCCCCCCCCCCC. The molecule has 0 fully saturated rings. The summed E-state index contributed by atoms with van der Waals surface area (Å²) >= 11 is 0. The van der Waals surface area contributed by atoms with Crippen LogP contribution in [0.25, 0.3) is 0 Å². The van der Waals surface area contributed by atoms with Gasteiger partial charge in [0.25, 0.3) is 0 Å². The van der Waals surface area contributed by atoms with Crippen LogP contribution in [0.5, 0.6) is 0 Å². The van der Waals surface area contributed by atoms with E-state index in [0.29, 0.717) is 19.3 Å². The number of rotatable bonds is 40. The van der Waals surface area contributed by atoms with Gasteiger partial charge >= 0.3 is 17.9 Å². The summed E-state index contributed by atoms with van der Waals surface area (Å²) in [5.74, 6) is -0.888. The number of hydrogen-bond acceptors (Lipinski definition) is 6. The Bertz CT molecular complexity index is 907. The molecule has 0 aliphatic carbocycles. The van der Waals surface area contributed by atoms with E-state index in [0.717, 1.165) is 83.5 Å². The Morgan fingerprint density at radius 1 is 0.396 bits per heavy atom. The van der Waals surface area contributed by atoms with Gasteiger partial charge in [0.2, 0.25) is 0 Å². The smallest absolute Gasteiger partial charge is 0.306 e. The maximum Gasteiger partial charge on any atom is 0.306 e. The van der Waals surface area contributed by atoms with Crippen LogP contribution in [0.2, 0.25) is 0 Å². The van der Waals surface area contributed by atoms with Crippen molar-refractivity contribution in [2.24, 2.45) is 0 Å². The van der Waals surface area contributed by atoms with Crippen molar-refractivity contribution in [1.82, 2.24) is 0 Å². The van der Waals surface area contributed by atoms with Gasteiger partial charge in [-0.05, 0) is 51.4 Å². The molecule has 0 saturated heterocycles. The highest BCUT2D eigenvalue weighted by Gasteiger charge is 2.19. The largest absolute Gasteiger partial charge is 0.462 e. The van der Waals surface area contributed by atoms with E-state index in [4.69, 9.17) is 14.2 Å². The fourth-order valence-corrected chi connectivity index (χ4v) is 6.28. The van der Waals surface area contributed by atoms with Crippen molar-refractivity contribution in [2.45, 2.75) is 232 Å². The standard InChI is InChI=1S/C47H84O6/c1-4-7-10-13-16-18-20-21-22-23-24-25-27-28-31-34-37-40-46(49)52-43-44(42-51-45(48)39-36-33-30-15-12-9-6-3)53-47(50)41-38-35-32-29-26-19-17-14-11-8-5-2/h7,10,16,18,21-22,44H,4-6,8-9,11-15,17,19-20,23-43H2,1-3H3/b10-7-,18-16-,22-21-. The number of hydrogen-bond donors (Lipinski definition) is 0. The summed E-state index contributed by atoms with van der Waals surface area (Å²) in [4.78, 5) is 37.6. The molecule has 0 aliphatic heterocycles. The van der Waals surface area contributed by atoms with E-state index >= 15 is 0 Å². The average molecular weight is 745 g/mol. The second-order valence-corrected chi connectivity index (χ2v) is 14.9. The van der Waals surface area contributed by atoms with Crippen molar-refractivity contribution >= 4 is 17.9 Å². The first-order valence-electron chi connectivity index (χ1n) is 22.5. The van der Waals surface area contributed by atoms with E-state index in [1.165, 1.54) is 103 Å². The number of ether oxygens (including phenoxy) is 3. The monoisotopic (exact) mass is 745 g/mol. The van der Waals surface area contributed by atoms with Gasteiger partial charge in [0.15, 0.2) is 6.10 Å². The van der Waals surface area contributed by atoms with Crippen molar-refractivity contribution in [3.63, 3.8) is 0 Å². The zero-order valence-corrected chi connectivity index (χ0v) is 35.0. The van der Waals surface area contributed by atoms with E-state index in [-0.39, 0.29) is 31.1 Å². The minimum Gasteiger partial charge on any atom is -0.462 e. The highest BCUT2D eigenvalue weighted by atomic mass is 16.6. The van der Waals surface area contributed by atoms with E-state index in [2.05, 4.69) is 57.2 Å². The molecule has 6 nitrogen and oxygen atoms in total. The minimum atomic E-state index is -0.767. The first-order chi connectivity index (χ1) is 26.0. The fourth-order valence-electron chi connectivity index (χ4n) is 6.28. The molecule has 0 rings (SSSR count). The molecule has 1 atom stereocenters. The van der Waals surface area contributed by atoms with Crippen LogP contribution in [0.15, 0.2) is 36.5 Å². The van der Waals surface area contributed by atoms with Crippen LogP contribution in [-0.2, 0) is 28.6 Å². The van der Waals surface area contributed by atoms with E-state index < -0.39 is 6.10 Å². The zero-order chi connectivity index (χ0) is 38.7. The van der Waals surface area contributed by atoms with E-state index in [1.807, 2.05) is 0 Å². The number of esters is 3. The zero-order valence-electron chi connectivity index (χ0n) is 35.0. The van der Waals surface area contributed by atoms with Crippen LogP contribution in [-0.4, -0.2) is 37.2 Å². The molecule has 0 bridgehead atoms. The van der Waals surface area contributed by atoms with Gasteiger partial charge in [0.1, 0.15) is 13.2 Å². The highest BCUT2D eigenvalue weighted by Crippen LogP contribution is 2.14. The predicted molar refractivity (Wildman–Crippen MR) is 224 cm³/mol. The summed E-state index contributed by atoms with van der Waals surface area (Å²) in [6.45, 7) is 6.46. The Kier molecular flexibility index (Phi) is 40.5. The Balaban J connectivity index is 4.28. The van der Waals surface area contributed by atoms with E-state index in [1.54, 1.807) is 0 Å². The van der Waals surface area contributed by atoms with Gasteiger partial charge in [0.05, 0.1) is 0 Å². The van der Waals surface area contributed by atoms with Crippen LogP contribution >= 0.6 is 0 Å². The number of carbonyl (C=O) groups is 3. The predicted octanol–water partition coefficient (Wildman–Crippen LogP) is 14.2. The molecule has 53 heavy (non-hydrogen) atoms. The Hall–Kier alpha value is -2.37. The van der Waals surface area contributed by atoms with E-state index in [9.17, 15) is 14.4 Å². The second kappa shape index (κ2) is 42.4. The lowest BCUT2D eigenvalue weighted by Gasteiger charge is -2.18. The quantitative estimate of drug-likeness (QED) is 0.0269. The molecule has 0 amide bonds. The molecule has 0 aromatic rings. The third-order valence-electron chi connectivity index (χ3n) is 9.66. The molecule has 1 unspecified atom stereocenters. The minimum absolute atomic E-state index is 0.0730. The summed E-state index contributed by atoms with van der Waals surface area (Å²) in [7, 11) is 0. The topological polar surface area (TPSA) is 78.9 Å². The first-order valence-corrected chi connectivity index (χ1v) is 22.5. The molecule has 0 heterocycles. The maximum absolute atomic E-state index is 12.7. The van der Waals surface area contributed by atoms with Crippen molar-refractivity contribution < 1.29 is 28.6 Å². The molecule has 0 saturated carbocycles. The van der Waals surface area contributed by atoms with Crippen LogP contribution in [0.4, 0.5) is 0 Å². The van der Waals surface area contributed by atoms with Gasteiger partial charge in [-0.1, -0.05) is 192 Å². The molecule has 0 N–H and O–H groups in total. The van der Waals surface area contributed by atoms with Gasteiger partial charge in [-0.2, -0.15) is 0 Å². The Morgan fingerprint density at radius 3 is 1.15 bits per heavy atom. The molecule has 308 valence electrons. The van der Waals surface area contributed by atoms with Gasteiger partial charge in [-0.3, -0.25) is 14.4 Å². The van der Waals surface area contributed by atoms with Crippen LogP contribution < -0.4 is 0 Å². The molecule has 0 aliphatic rings. The average Bonchev–Trinajstić information content (AvgIpc) is 3.15. The van der Waals surface area contributed by atoms with Crippen molar-refractivity contribution in [2.75, 3.05) is 13.2 Å². The number of carbonyl (C=O) groups excluding carboxylic acids is 3. The van der Waals surface area contributed by atoms with Crippen LogP contribution in [0.1, 0.15) is 226 Å². The molecule has 0 aromatic heterocycles. The van der Waals surface area contributed by atoms with Crippen molar-refractivity contribution in [1.29, 1.82) is 0 Å². The molecule has 6 heteroatoms. The molecular weight excluding hydrogens is 661 g/mol. The van der Waals surface area contributed by atoms with Gasteiger partial charge in [-0.15, -0.1) is 0 Å². The summed E-state index contributed by atoms with van der Waals surface area (Å²) < 4.78 is 16.6. The normalized spacial score (nSPS) is 12.3.